The first-order chi connectivity index (χ1) is 12.3. The van der Waals surface area contributed by atoms with Crippen molar-refractivity contribution in [3.8, 4) is 0 Å². The van der Waals surface area contributed by atoms with Crippen molar-refractivity contribution in [3.63, 3.8) is 0 Å². The van der Waals surface area contributed by atoms with Gasteiger partial charge in [0, 0.05) is 11.7 Å². The molecular formula is C19H23FN4O2. The van der Waals surface area contributed by atoms with Gasteiger partial charge in [0.05, 0.1) is 5.69 Å². The van der Waals surface area contributed by atoms with Crippen molar-refractivity contribution in [3.05, 3.63) is 48.0 Å². The number of H-pyrrole nitrogens is 1. The van der Waals surface area contributed by atoms with Gasteiger partial charge >= 0.3 is 0 Å². The Balaban J connectivity index is 2.04. The maximum Gasteiger partial charge on any atom is 0.277 e. The smallest absolute Gasteiger partial charge is 0.277 e. The molecule has 1 fully saturated rings. The SMILES string of the molecule is CC(C)(C)NC(=O)C(C1CC1)N(C(=O)c1ccn[nH]1)c1ccccc1F. The van der Waals surface area contributed by atoms with Crippen LogP contribution in [0.25, 0.3) is 0 Å². The number of rotatable bonds is 5. The summed E-state index contributed by atoms with van der Waals surface area (Å²) in [6, 6.07) is 6.75. The van der Waals surface area contributed by atoms with E-state index in [9.17, 15) is 14.0 Å². The van der Waals surface area contributed by atoms with Crippen LogP contribution in [0.1, 0.15) is 44.1 Å². The van der Waals surface area contributed by atoms with Crippen LogP contribution in [0, 0.1) is 11.7 Å². The Hall–Kier alpha value is -2.70. The first-order valence-electron chi connectivity index (χ1n) is 8.67. The number of nitrogens with one attached hydrogen (secondary N) is 2. The second-order valence-electron chi connectivity index (χ2n) is 7.62. The number of aromatic amines is 1. The van der Waals surface area contributed by atoms with E-state index in [1.165, 1.54) is 29.3 Å². The number of halogens is 1. The normalized spacial score (nSPS) is 15.4. The first kappa shape index (κ1) is 18.1. The Morgan fingerprint density at radius 3 is 2.50 bits per heavy atom. The Morgan fingerprint density at radius 2 is 1.96 bits per heavy atom. The van der Waals surface area contributed by atoms with Gasteiger partial charge in [-0.25, -0.2) is 4.39 Å². The lowest BCUT2D eigenvalue weighted by Gasteiger charge is -2.33. The van der Waals surface area contributed by atoms with Gasteiger partial charge < -0.3 is 5.32 Å². The second kappa shape index (κ2) is 6.90. The molecule has 138 valence electrons. The summed E-state index contributed by atoms with van der Waals surface area (Å²) in [4.78, 5) is 27.4. The predicted molar refractivity (Wildman–Crippen MR) is 96.2 cm³/mol. The lowest BCUT2D eigenvalue weighted by molar-refractivity contribution is -0.124. The molecule has 0 spiro atoms. The molecule has 0 saturated heterocycles. The van der Waals surface area contributed by atoms with Crippen LogP contribution >= 0.6 is 0 Å². The van der Waals surface area contributed by atoms with Crippen molar-refractivity contribution in [2.45, 2.75) is 45.2 Å². The average Bonchev–Trinajstić information content (AvgIpc) is 3.23. The van der Waals surface area contributed by atoms with Crippen LogP contribution in [0.2, 0.25) is 0 Å². The third kappa shape index (κ3) is 3.92. The molecule has 1 saturated carbocycles. The van der Waals surface area contributed by atoms with Crippen molar-refractivity contribution >= 4 is 17.5 Å². The maximum absolute atomic E-state index is 14.5. The number of hydrogen-bond acceptors (Lipinski definition) is 3. The molecule has 1 heterocycles. The molecule has 1 aromatic heterocycles. The summed E-state index contributed by atoms with van der Waals surface area (Å²) < 4.78 is 14.5. The standard InChI is InChI=1S/C19H23FN4O2/c1-19(2,3)22-17(25)16(12-8-9-12)24(15-7-5-4-6-13(15)20)18(26)14-10-11-21-23-14/h4-7,10-12,16H,8-9H2,1-3H3,(H,21,23)(H,22,25). The third-order valence-corrected chi connectivity index (χ3v) is 4.18. The van der Waals surface area contributed by atoms with Gasteiger partial charge in [-0.1, -0.05) is 12.1 Å². The zero-order valence-corrected chi connectivity index (χ0v) is 15.1. The van der Waals surface area contributed by atoms with E-state index in [2.05, 4.69) is 15.5 Å². The van der Waals surface area contributed by atoms with Crippen LogP contribution in [0.4, 0.5) is 10.1 Å². The molecule has 2 amide bonds. The molecule has 1 atom stereocenters. The summed E-state index contributed by atoms with van der Waals surface area (Å²) >= 11 is 0. The predicted octanol–water partition coefficient (Wildman–Crippen LogP) is 2.89. The average molecular weight is 358 g/mol. The largest absolute Gasteiger partial charge is 0.350 e. The quantitative estimate of drug-likeness (QED) is 0.863. The van der Waals surface area contributed by atoms with Gasteiger partial charge in [0.15, 0.2) is 0 Å². The number of hydrogen-bond donors (Lipinski definition) is 2. The molecule has 0 bridgehead atoms. The van der Waals surface area contributed by atoms with Gasteiger partial charge in [0.1, 0.15) is 17.6 Å². The van der Waals surface area contributed by atoms with E-state index in [1.807, 2.05) is 20.8 Å². The van der Waals surface area contributed by atoms with E-state index in [1.54, 1.807) is 12.1 Å². The van der Waals surface area contributed by atoms with E-state index in [0.717, 1.165) is 12.8 Å². The minimum Gasteiger partial charge on any atom is -0.350 e. The molecule has 1 aliphatic rings. The van der Waals surface area contributed by atoms with Gasteiger partial charge in [0.2, 0.25) is 5.91 Å². The number of amides is 2. The van der Waals surface area contributed by atoms with Crippen molar-refractivity contribution in [1.29, 1.82) is 0 Å². The highest BCUT2D eigenvalue weighted by Crippen LogP contribution is 2.38. The Kier molecular flexibility index (Phi) is 4.80. The van der Waals surface area contributed by atoms with Crippen molar-refractivity contribution in [2.75, 3.05) is 4.90 Å². The Morgan fingerprint density at radius 1 is 1.27 bits per heavy atom. The lowest BCUT2D eigenvalue weighted by Crippen LogP contribution is -2.55. The molecule has 6 nitrogen and oxygen atoms in total. The molecule has 2 aromatic rings. The second-order valence-corrected chi connectivity index (χ2v) is 7.62. The third-order valence-electron chi connectivity index (χ3n) is 4.18. The number of carbonyl (C=O) groups excluding carboxylic acids is 2. The minimum absolute atomic E-state index is 0.00354. The monoisotopic (exact) mass is 358 g/mol. The Labute approximate surface area is 151 Å². The van der Waals surface area contributed by atoms with Crippen LogP contribution in [0.5, 0.6) is 0 Å². The number of anilines is 1. The van der Waals surface area contributed by atoms with Crippen LogP contribution in [-0.4, -0.2) is 33.6 Å². The number of carbonyl (C=O) groups is 2. The number of nitrogens with zero attached hydrogens (tertiary/aromatic N) is 2. The summed E-state index contributed by atoms with van der Waals surface area (Å²) in [6.07, 6.45) is 3.10. The summed E-state index contributed by atoms with van der Waals surface area (Å²) in [6.45, 7) is 5.62. The molecule has 1 aromatic carbocycles. The van der Waals surface area contributed by atoms with Crippen LogP contribution in [0.15, 0.2) is 36.5 Å². The fourth-order valence-electron chi connectivity index (χ4n) is 2.94. The van der Waals surface area contributed by atoms with Crippen molar-refractivity contribution < 1.29 is 14.0 Å². The summed E-state index contributed by atoms with van der Waals surface area (Å²) in [5.41, 5.74) is -0.155. The molecule has 1 unspecified atom stereocenters. The highest BCUT2D eigenvalue weighted by atomic mass is 19.1. The summed E-state index contributed by atoms with van der Waals surface area (Å²) in [5.74, 6) is -1.30. The summed E-state index contributed by atoms with van der Waals surface area (Å²) in [7, 11) is 0. The Bertz CT molecular complexity index is 794. The fraction of sp³-hybridized carbons (Fsp3) is 0.421. The van der Waals surface area contributed by atoms with Gasteiger partial charge in [-0.15, -0.1) is 0 Å². The topological polar surface area (TPSA) is 78.1 Å². The van der Waals surface area contributed by atoms with Crippen LogP contribution in [0.3, 0.4) is 0 Å². The highest BCUT2D eigenvalue weighted by molar-refractivity contribution is 6.09. The molecule has 7 heteroatoms. The molecule has 0 radical (unpaired) electrons. The van der Waals surface area contributed by atoms with Gasteiger partial charge in [-0.05, 0) is 57.7 Å². The van der Waals surface area contributed by atoms with E-state index < -0.39 is 23.3 Å². The van der Waals surface area contributed by atoms with E-state index in [4.69, 9.17) is 0 Å². The molecule has 0 aliphatic heterocycles. The number of benzene rings is 1. The maximum atomic E-state index is 14.5. The highest BCUT2D eigenvalue weighted by Gasteiger charge is 2.44. The van der Waals surface area contributed by atoms with Gasteiger partial charge in [0.25, 0.3) is 5.91 Å². The molecular weight excluding hydrogens is 335 g/mol. The molecule has 2 N–H and O–H groups in total. The molecule has 26 heavy (non-hydrogen) atoms. The fourth-order valence-corrected chi connectivity index (χ4v) is 2.94. The van der Waals surface area contributed by atoms with E-state index in [-0.39, 0.29) is 23.2 Å². The molecule has 1 aliphatic carbocycles. The van der Waals surface area contributed by atoms with Crippen molar-refractivity contribution in [1.82, 2.24) is 15.5 Å². The van der Waals surface area contributed by atoms with E-state index in [0.29, 0.717) is 0 Å². The van der Waals surface area contributed by atoms with E-state index >= 15 is 0 Å². The zero-order valence-electron chi connectivity index (χ0n) is 15.1. The first-order valence-corrected chi connectivity index (χ1v) is 8.67. The molecule has 3 rings (SSSR count). The lowest BCUT2D eigenvalue weighted by atomic mass is 10.0. The summed E-state index contributed by atoms with van der Waals surface area (Å²) in [5, 5.41) is 9.34. The van der Waals surface area contributed by atoms with Crippen LogP contribution in [-0.2, 0) is 4.79 Å². The van der Waals surface area contributed by atoms with Crippen LogP contribution < -0.4 is 10.2 Å². The van der Waals surface area contributed by atoms with Gasteiger partial charge in [-0.3, -0.25) is 19.6 Å². The minimum atomic E-state index is -0.776. The van der Waals surface area contributed by atoms with Crippen molar-refractivity contribution in [2.24, 2.45) is 5.92 Å². The zero-order chi connectivity index (χ0) is 18.9. The number of para-hydroxylation sites is 1. The number of aromatic nitrogens is 2. The van der Waals surface area contributed by atoms with Gasteiger partial charge in [-0.2, -0.15) is 5.10 Å².